The summed E-state index contributed by atoms with van der Waals surface area (Å²) in [7, 11) is 0. The zero-order valence-electron chi connectivity index (χ0n) is 21.9. The minimum atomic E-state index is -2.68. The van der Waals surface area contributed by atoms with E-state index in [-0.39, 0.29) is 41.4 Å². The van der Waals surface area contributed by atoms with Crippen LogP contribution in [0.4, 0.5) is 20.2 Å². The molecular weight excluding hydrogens is 526 g/mol. The molecule has 1 unspecified atom stereocenters. The monoisotopic (exact) mass is 558 g/mol. The molecule has 40 heavy (non-hydrogen) atoms. The van der Waals surface area contributed by atoms with E-state index in [0.717, 1.165) is 30.6 Å². The Bertz CT molecular complexity index is 1310. The van der Waals surface area contributed by atoms with Crippen LogP contribution in [0.5, 0.6) is 0 Å². The van der Waals surface area contributed by atoms with Gasteiger partial charge < -0.3 is 15.8 Å². The fourth-order valence-corrected chi connectivity index (χ4v) is 5.66. The second kappa shape index (κ2) is 11.7. The fraction of sp³-hybridized carbons (Fsp3) is 0.519. The lowest BCUT2D eigenvalue weighted by atomic mass is 9.86. The van der Waals surface area contributed by atoms with Crippen molar-refractivity contribution in [1.82, 2.24) is 20.0 Å². The second-order valence-electron chi connectivity index (χ2n) is 10.5. The number of nitrogen functional groups attached to an aromatic ring is 1. The van der Waals surface area contributed by atoms with Crippen LogP contribution >= 0.6 is 0 Å². The van der Waals surface area contributed by atoms with Crippen LogP contribution in [0.2, 0.25) is 0 Å². The molecule has 2 aliphatic heterocycles. The number of carbonyl (C=O) groups is 4. The average molecular weight is 559 g/mol. The molecule has 1 aliphatic carbocycles. The summed E-state index contributed by atoms with van der Waals surface area (Å²) < 4.78 is 33.4. The van der Waals surface area contributed by atoms with Crippen molar-refractivity contribution in [2.75, 3.05) is 30.8 Å². The highest BCUT2D eigenvalue weighted by atomic mass is 19.3. The number of nitrogens with one attached hydrogen (secondary N) is 2. The van der Waals surface area contributed by atoms with Crippen molar-refractivity contribution in [3.8, 4) is 0 Å². The van der Waals surface area contributed by atoms with E-state index in [1.807, 2.05) is 0 Å². The maximum Gasteiger partial charge on any atom is 0.284 e. The van der Waals surface area contributed by atoms with E-state index >= 15 is 0 Å². The highest BCUT2D eigenvalue weighted by Gasteiger charge is 2.45. The number of alkyl halides is 2. The van der Waals surface area contributed by atoms with Crippen molar-refractivity contribution >= 4 is 35.0 Å². The first-order valence-electron chi connectivity index (χ1n) is 13.5. The van der Waals surface area contributed by atoms with Crippen LogP contribution in [-0.2, 0) is 14.3 Å². The number of amides is 4. The van der Waals surface area contributed by atoms with Crippen LogP contribution in [0.3, 0.4) is 0 Å². The summed E-state index contributed by atoms with van der Waals surface area (Å²) in [6.45, 7) is 1.62. The van der Waals surface area contributed by atoms with Crippen molar-refractivity contribution in [2.45, 2.75) is 63.5 Å². The summed E-state index contributed by atoms with van der Waals surface area (Å²) in [4.78, 5) is 50.8. The number of rotatable bonds is 10. The molecule has 1 saturated carbocycles. The molecule has 0 spiro atoms. The number of nitrogens with zero attached hydrogens (tertiary/aromatic N) is 3. The third-order valence-electron chi connectivity index (χ3n) is 7.79. The molecule has 0 bridgehead atoms. The Morgan fingerprint density at radius 2 is 1.88 bits per heavy atom. The summed E-state index contributed by atoms with van der Waals surface area (Å²) in [5.41, 5.74) is 6.30. The molecule has 5 rings (SSSR count). The van der Waals surface area contributed by atoms with Gasteiger partial charge in [0.1, 0.15) is 6.04 Å². The number of hydrogen-bond donors (Lipinski definition) is 3. The summed E-state index contributed by atoms with van der Waals surface area (Å²) in [5.74, 6) is -1.76. The lowest BCUT2D eigenvalue weighted by Gasteiger charge is -2.28. The first kappa shape index (κ1) is 27.7. The quantitative estimate of drug-likeness (QED) is 0.298. The molecule has 1 saturated heterocycles. The van der Waals surface area contributed by atoms with Gasteiger partial charge in [-0.2, -0.15) is 5.10 Å². The van der Waals surface area contributed by atoms with Crippen LogP contribution < -0.4 is 16.4 Å². The van der Waals surface area contributed by atoms with Crippen LogP contribution in [0.25, 0.3) is 0 Å². The van der Waals surface area contributed by atoms with E-state index in [1.165, 1.54) is 6.20 Å². The molecule has 4 N–H and O–H groups in total. The molecule has 2 fully saturated rings. The zero-order valence-corrected chi connectivity index (χ0v) is 21.9. The zero-order chi connectivity index (χ0) is 28.4. The number of piperidine rings is 1. The van der Waals surface area contributed by atoms with Gasteiger partial charge in [0.25, 0.3) is 18.2 Å². The predicted octanol–water partition coefficient (Wildman–Crippen LogP) is 3.05. The maximum absolute atomic E-state index is 13.2. The number of carbonyl (C=O) groups excluding carboxylic acids is 4. The van der Waals surface area contributed by atoms with E-state index in [9.17, 15) is 28.0 Å². The third kappa shape index (κ3) is 5.55. The number of aromatic nitrogens is 2. The molecule has 4 amide bonds. The number of ether oxygens (including phenoxy) is 1. The van der Waals surface area contributed by atoms with E-state index in [0.29, 0.717) is 37.8 Å². The summed E-state index contributed by atoms with van der Waals surface area (Å²) in [6.07, 6.45) is 3.11. The number of nitrogens with two attached hydrogens (primary N) is 1. The van der Waals surface area contributed by atoms with Gasteiger partial charge in [0, 0.05) is 38.1 Å². The van der Waals surface area contributed by atoms with E-state index in [2.05, 4.69) is 15.7 Å². The highest BCUT2D eigenvalue weighted by molar-refractivity contribution is 6.25. The number of imide groups is 2. The Labute approximate surface area is 229 Å². The Morgan fingerprint density at radius 1 is 1.10 bits per heavy atom. The molecule has 11 nitrogen and oxygen atoms in total. The smallest absolute Gasteiger partial charge is 0.284 e. The van der Waals surface area contributed by atoms with Gasteiger partial charge in [-0.25, -0.2) is 8.78 Å². The van der Waals surface area contributed by atoms with Crippen molar-refractivity contribution < 1.29 is 32.7 Å². The van der Waals surface area contributed by atoms with Crippen LogP contribution in [0.15, 0.2) is 24.4 Å². The largest absolute Gasteiger partial charge is 0.396 e. The van der Waals surface area contributed by atoms with Gasteiger partial charge in [-0.3, -0.25) is 34.1 Å². The second-order valence-corrected chi connectivity index (χ2v) is 10.5. The SMILES string of the molecule is Nc1cn(C2CCC(COCCCNc3cccc4c3C(=O)N(C3CCC(=O)NC3=O)C4=O)CC2)nc1C(F)F. The molecule has 0 radical (unpaired) electrons. The molecule has 2 aromatic rings. The summed E-state index contributed by atoms with van der Waals surface area (Å²) in [5, 5.41) is 9.38. The lowest BCUT2D eigenvalue weighted by molar-refractivity contribution is -0.136. The summed E-state index contributed by atoms with van der Waals surface area (Å²) in [6, 6.07) is 4.01. The molecule has 1 atom stereocenters. The number of benzene rings is 1. The number of fused-ring (bicyclic) bond motifs is 1. The van der Waals surface area contributed by atoms with Crippen LogP contribution in [0.1, 0.15) is 83.8 Å². The van der Waals surface area contributed by atoms with Crippen LogP contribution in [-0.4, -0.2) is 64.1 Å². The predicted molar refractivity (Wildman–Crippen MR) is 140 cm³/mol. The summed E-state index contributed by atoms with van der Waals surface area (Å²) >= 11 is 0. The Kier molecular flexibility index (Phi) is 8.10. The molecule has 1 aromatic carbocycles. The number of anilines is 2. The van der Waals surface area contributed by atoms with Crippen LogP contribution in [0, 0.1) is 5.92 Å². The van der Waals surface area contributed by atoms with Gasteiger partial charge in [0.15, 0.2) is 5.69 Å². The van der Waals surface area contributed by atoms with Crippen molar-refractivity contribution in [1.29, 1.82) is 0 Å². The molecule has 214 valence electrons. The lowest BCUT2D eigenvalue weighted by Crippen LogP contribution is -2.54. The van der Waals surface area contributed by atoms with Gasteiger partial charge in [0.05, 0.1) is 22.9 Å². The minimum Gasteiger partial charge on any atom is -0.396 e. The third-order valence-corrected chi connectivity index (χ3v) is 7.79. The first-order valence-corrected chi connectivity index (χ1v) is 13.5. The first-order chi connectivity index (χ1) is 19.2. The van der Waals surface area contributed by atoms with E-state index in [4.69, 9.17) is 10.5 Å². The van der Waals surface area contributed by atoms with Gasteiger partial charge in [0.2, 0.25) is 11.8 Å². The van der Waals surface area contributed by atoms with E-state index in [1.54, 1.807) is 22.9 Å². The maximum atomic E-state index is 13.2. The number of hydrogen-bond acceptors (Lipinski definition) is 8. The Hall–Kier alpha value is -3.87. The molecular formula is C27H32F2N6O5. The van der Waals surface area contributed by atoms with Gasteiger partial charge in [-0.1, -0.05) is 6.07 Å². The minimum absolute atomic E-state index is 0.0251. The molecule has 3 aliphatic rings. The van der Waals surface area contributed by atoms with Gasteiger partial charge in [-0.15, -0.1) is 0 Å². The Morgan fingerprint density at radius 3 is 2.58 bits per heavy atom. The molecule has 3 heterocycles. The average Bonchev–Trinajstić information content (AvgIpc) is 3.44. The number of halogens is 2. The van der Waals surface area contributed by atoms with Gasteiger partial charge in [-0.05, 0) is 56.6 Å². The Balaban J connectivity index is 1.05. The van der Waals surface area contributed by atoms with Gasteiger partial charge >= 0.3 is 0 Å². The fourth-order valence-electron chi connectivity index (χ4n) is 5.66. The standard InChI is InChI=1S/C27H32F2N6O5/c28-24(29)23-18(30)13-34(33-23)16-7-5-15(6-8-16)14-40-12-2-11-31-19-4-1-3-17-22(19)27(39)35(26(17)38)20-9-10-21(36)32-25(20)37/h1,3-4,13,15-16,20,24,31H,2,5-12,14,30H2,(H,32,36,37). The van der Waals surface area contributed by atoms with E-state index < -0.39 is 36.1 Å². The molecule has 13 heteroatoms. The van der Waals surface area contributed by atoms with Crippen molar-refractivity contribution in [3.63, 3.8) is 0 Å². The highest BCUT2D eigenvalue weighted by Crippen LogP contribution is 2.35. The normalized spacial score (nSPS) is 23.1. The topological polar surface area (TPSA) is 149 Å². The van der Waals surface area contributed by atoms with Crippen molar-refractivity contribution in [3.05, 3.63) is 41.2 Å². The molecule has 1 aromatic heterocycles. The van der Waals surface area contributed by atoms with Crippen molar-refractivity contribution in [2.24, 2.45) is 5.92 Å².